The molecule has 0 aliphatic heterocycles. The Balaban J connectivity index is 1.23. The lowest BCUT2D eigenvalue weighted by molar-refractivity contribution is -0.137. The first-order valence-electron chi connectivity index (χ1n) is 16.0. The molecule has 0 aliphatic carbocycles. The summed E-state index contributed by atoms with van der Waals surface area (Å²) in [6.45, 7) is 3.69. The van der Waals surface area contributed by atoms with Gasteiger partial charge in [-0.2, -0.15) is 0 Å². The van der Waals surface area contributed by atoms with E-state index in [2.05, 4.69) is 0 Å². The van der Waals surface area contributed by atoms with Crippen molar-refractivity contribution in [2.45, 2.75) is 26.7 Å². The van der Waals surface area contributed by atoms with Crippen molar-refractivity contribution in [1.29, 1.82) is 0 Å². The minimum Gasteiger partial charge on any atom is -0.481 e. The predicted octanol–water partition coefficient (Wildman–Crippen LogP) is 11.3. The average Bonchev–Trinajstić information content (AvgIpc) is 3.93. The van der Waals surface area contributed by atoms with Crippen LogP contribution in [0.1, 0.15) is 43.0 Å². The molecule has 0 aliphatic rings. The number of thiophene rings is 5. The van der Waals surface area contributed by atoms with E-state index in [1.54, 1.807) is 12.1 Å². The third-order valence-electron chi connectivity index (χ3n) is 8.39. The Morgan fingerprint density at radius 2 is 0.792 bits per heavy atom. The van der Waals surface area contributed by atoms with Gasteiger partial charge in [-0.15, -0.1) is 56.7 Å². The van der Waals surface area contributed by atoms with Crippen molar-refractivity contribution >= 4 is 80.6 Å². The molecule has 0 fully saturated rings. The van der Waals surface area contributed by atoms with Crippen molar-refractivity contribution in [2.75, 3.05) is 0 Å². The maximum atomic E-state index is 12.0. The molecule has 8 nitrogen and oxygen atoms in total. The highest BCUT2D eigenvalue weighted by atomic mass is 32.1. The van der Waals surface area contributed by atoms with Gasteiger partial charge in [-0.05, 0) is 85.6 Å². The Labute approximate surface area is 323 Å². The van der Waals surface area contributed by atoms with Crippen LogP contribution in [0.5, 0.6) is 0 Å². The fourth-order valence-corrected chi connectivity index (χ4v) is 11.9. The quantitative estimate of drug-likeness (QED) is 0.0954. The maximum Gasteiger partial charge on any atom is 0.336 e. The van der Waals surface area contributed by atoms with Crippen LogP contribution in [0.3, 0.4) is 0 Å². The number of aryl methyl sites for hydroxylation is 2. The number of carboxylic acid groups (broad SMARTS) is 4. The molecule has 5 heterocycles. The predicted molar refractivity (Wildman–Crippen MR) is 215 cm³/mol. The van der Waals surface area contributed by atoms with Crippen LogP contribution < -0.4 is 0 Å². The first kappa shape index (κ1) is 36.2. The summed E-state index contributed by atoms with van der Waals surface area (Å²) in [5, 5.41) is 39.2. The molecule has 0 radical (unpaired) electrons. The molecule has 0 amide bonds. The summed E-state index contributed by atoms with van der Waals surface area (Å²) in [6, 6.07) is 25.9. The van der Waals surface area contributed by atoms with Crippen molar-refractivity contribution in [3.8, 4) is 59.9 Å². The second-order valence-electron chi connectivity index (χ2n) is 12.3. The van der Waals surface area contributed by atoms with Crippen LogP contribution in [-0.4, -0.2) is 44.3 Å². The summed E-state index contributed by atoms with van der Waals surface area (Å²) in [5.41, 5.74) is 4.70. The van der Waals surface area contributed by atoms with Gasteiger partial charge in [0, 0.05) is 59.9 Å². The van der Waals surface area contributed by atoms with Gasteiger partial charge in [-0.3, -0.25) is 9.59 Å². The molecule has 0 atom stereocenters. The Kier molecular flexibility index (Phi) is 10.0. The molecule has 7 rings (SSSR count). The number of hydrogen-bond acceptors (Lipinski definition) is 9. The number of carbonyl (C=O) groups is 4. The van der Waals surface area contributed by atoms with Crippen LogP contribution in [0, 0.1) is 13.8 Å². The smallest absolute Gasteiger partial charge is 0.336 e. The molecule has 7 aromatic rings. The zero-order valence-corrected chi connectivity index (χ0v) is 32.0. The minimum absolute atomic E-state index is 0.183. The Hall–Kier alpha value is -5.18. The van der Waals surface area contributed by atoms with E-state index in [0.29, 0.717) is 22.3 Å². The van der Waals surface area contributed by atoms with E-state index >= 15 is 0 Å². The summed E-state index contributed by atoms with van der Waals surface area (Å²) in [4.78, 5) is 56.3. The maximum absolute atomic E-state index is 12.0. The highest BCUT2D eigenvalue weighted by Gasteiger charge is 2.23. The van der Waals surface area contributed by atoms with Gasteiger partial charge in [0.1, 0.15) is 0 Å². The summed E-state index contributed by atoms with van der Waals surface area (Å²) in [5.74, 6) is -3.94. The molecule has 53 heavy (non-hydrogen) atoms. The van der Waals surface area contributed by atoms with E-state index < -0.39 is 23.9 Å². The fraction of sp³-hybridized carbons (Fsp3) is 0.100. The molecular weight excluding hydrogens is 769 g/mol. The Bertz CT molecular complexity index is 2400. The number of aliphatic carboxylic acids is 2. The number of rotatable bonds is 12. The Morgan fingerprint density at radius 1 is 0.434 bits per heavy atom. The first-order valence-corrected chi connectivity index (χ1v) is 20.1. The third kappa shape index (κ3) is 7.52. The minimum atomic E-state index is -1.00. The number of benzene rings is 2. The van der Waals surface area contributed by atoms with Crippen molar-refractivity contribution < 1.29 is 39.6 Å². The SMILES string of the molecule is Cc1ccc(-c2ccc(-c3cc(CC(=O)O)c(-c4ccc(-c5sc(-c6ccc(-c7ccc(C)cc7C(=O)O)s6)cc5CC(=O)O)s4)s3)s2)c(C(=O)O)c1. The summed E-state index contributed by atoms with van der Waals surface area (Å²) < 4.78 is 0. The molecule has 0 spiro atoms. The molecule has 0 bridgehead atoms. The van der Waals surface area contributed by atoms with E-state index in [-0.39, 0.29) is 24.0 Å². The molecule has 2 aromatic carbocycles. The standard InChI is InChI=1S/C40H28O8S5/c1-19-3-5-23(25(13-19)39(45)46)27-7-9-29(49-27)33-15-21(17-35(41)42)37(52-33)31-11-12-32(51-31)38-22(18-36(43)44)16-34(53-38)30-10-8-28(50-30)24-6-4-20(2)14-26(24)40(47)48/h3-16H,17-18H2,1-2H3,(H,41,42)(H,43,44)(H,45,46)(H,47,48). The molecule has 0 saturated carbocycles. The van der Waals surface area contributed by atoms with E-state index in [4.69, 9.17) is 0 Å². The van der Waals surface area contributed by atoms with Crippen LogP contribution in [0.15, 0.2) is 84.9 Å². The molecular formula is C40H28O8S5. The normalized spacial score (nSPS) is 11.2. The number of carboxylic acids is 4. The van der Waals surface area contributed by atoms with E-state index in [1.165, 1.54) is 56.7 Å². The van der Waals surface area contributed by atoms with Crippen LogP contribution in [0.4, 0.5) is 0 Å². The molecule has 0 saturated heterocycles. The van der Waals surface area contributed by atoms with Gasteiger partial charge in [0.15, 0.2) is 0 Å². The lowest BCUT2D eigenvalue weighted by Gasteiger charge is -2.04. The Morgan fingerprint density at radius 3 is 1.17 bits per heavy atom. The molecule has 266 valence electrons. The summed E-state index contributed by atoms with van der Waals surface area (Å²) in [7, 11) is 0. The van der Waals surface area contributed by atoms with Gasteiger partial charge in [0.2, 0.25) is 0 Å². The lowest BCUT2D eigenvalue weighted by Crippen LogP contribution is -1.99. The van der Waals surface area contributed by atoms with Gasteiger partial charge in [0.05, 0.1) is 24.0 Å². The average molecular weight is 797 g/mol. The van der Waals surface area contributed by atoms with Crippen molar-refractivity contribution in [3.63, 3.8) is 0 Å². The zero-order chi connectivity index (χ0) is 37.6. The van der Waals surface area contributed by atoms with Gasteiger partial charge < -0.3 is 20.4 Å². The highest BCUT2D eigenvalue weighted by molar-refractivity contribution is 7.30. The summed E-state index contributed by atoms with van der Waals surface area (Å²) in [6.07, 6.45) is -0.367. The molecule has 5 aromatic heterocycles. The topological polar surface area (TPSA) is 149 Å². The van der Waals surface area contributed by atoms with Gasteiger partial charge in [-0.25, -0.2) is 9.59 Å². The molecule has 0 unspecified atom stereocenters. The van der Waals surface area contributed by atoms with Crippen LogP contribution in [0.2, 0.25) is 0 Å². The second-order valence-corrected chi connectivity index (χ2v) is 17.6. The first-order chi connectivity index (χ1) is 25.3. The van der Waals surface area contributed by atoms with Crippen molar-refractivity contribution in [3.05, 3.63) is 118 Å². The van der Waals surface area contributed by atoms with Crippen LogP contribution >= 0.6 is 56.7 Å². The summed E-state index contributed by atoms with van der Waals surface area (Å²) >= 11 is 7.30. The largest absolute Gasteiger partial charge is 0.481 e. The third-order valence-corrected chi connectivity index (χ3v) is 14.8. The van der Waals surface area contributed by atoms with Gasteiger partial charge in [0.25, 0.3) is 0 Å². The molecule has 4 N–H and O–H groups in total. The van der Waals surface area contributed by atoms with Crippen molar-refractivity contribution in [2.24, 2.45) is 0 Å². The van der Waals surface area contributed by atoms with Crippen molar-refractivity contribution in [1.82, 2.24) is 0 Å². The number of aromatic carboxylic acids is 2. The fourth-order valence-electron chi connectivity index (χ4n) is 6.02. The van der Waals surface area contributed by atoms with Gasteiger partial charge in [-0.1, -0.05) is 35.4 Å². The lowest BCUT2D eigenvalue weighted by atomic mass is 10.0. The van der Waals surface area contributed by atoms with Crippen LogP contribution in [0.25, 0.3) is 59.9 Å². The zero-order valence-electron chi connectivity index (χ0n) is 28.0. The highest BCUT2D eigenvalue weighted by Crippen LogP contribution is 2.49. The second kappa shape index (κ2) is 14.7. The van der Waals surface area contributed by atoms with E-state index in [9.17, 15) is 39.6 Å². The monoisotopic (exact) mass is 796 g/mol. The van der Waals surface area contributed by atoms with E-state index in [0.717, 1.165) is 59.9 Å². The number of hydrogen-bond donors (Lipinski definition) is 4. The van der Waals surface area contributed by atoms with E-state index in [1.807, 2.05) is 86.6 Å². The van der Waals surface area contributed by atoms with Gasteiger partial charge >= 0.3 is 23.9 Å². The molecule has 13 heteroatoms. The van der Waals surface area contributed by atoms with Crippen LogP contribution in [-0.2, 0) is 22.4 Å².